The molecule has 0 radical (unpaired) electrons. The maximum absolute atomic E-state index is 12.9. The van der Waals surface area contributed by atoms with Crippen LogP contribution >= 0.6 is 11.3 Å². The van der Waals surface area contributed by atoms with Crippen molar-refractivity contribution in [2.24, 2.45) is 5.92 Å². The Kier molecular flexibility index (Phi) is 5.70. The van der Waals surface area contributed by atoms with Gasteiger partial charge in [0.25, 0.3) is 0 Å². The van der Waals surface area contributed by atoms with Crippen LogP contribution in [-0.2, 0) is 22.4 Å². The lowest BCUT2D eigenvalue weighted by molar-refractivity contribution is -0.135. The van der Waals surface area contributed by atoms with Crippen LogP contribution in [0.4, 0.5) is 5.00 Å². The second-order valence-electron chi connectivity index (χ2n) is 8.18. The normalized spacial score (nSPS) is 21.4. The largest absolute Gasteiger partial charge is 0.340 e. The van der Waals surface area contributed by atoms with Crippen molar-refractivity contribution in [2.45, 2.75) is 57.9 Å². The van der Waals surface area contributed by atoms with Gasteiger partial charge in [-0.05, 0) is 51.0 Å². The van der Waals surface area contributed by atoms with Crippen molar-refractivity contribution in [3.8, 4) is 6.07 Å². The van der Waals surface area contributed by atoms with Gasteiger partial charge in [-0.2, -0.15) is 5.26 Å². The minimum atomic E-state index is -0.272. The highest BCUT2D eigenvalue weighted by Crippen LogP contribution is 2.37. The number of hydrogen-bond acceptors (Lipinski definition) is 5. The zero-order valence-electron chi connectivity index (χ0n) is 16.5. The van der Waals surface area contributed by atoms with Crippen molar-refractivity contribution in [1.82, 2.24) is 9.80 Å². The van der Waals surface area contributed by atoms with E-state index in [1.807, 2.05) is 11.8 Å². The van der Waals surface area contributed by atoms with Crippen molar-refractivity contribution in [2.75, 3.05) is 31.5 Å². The van der Waals surface area contributed by atoms with Gasteiger partial charge in [0.15, 0.2) is 0 Å². The van der Waals surface area contributed by atoms with Gasteiger partial charge in [-0.15, -0.1) is 11.3 Å². The van der Waals surface area contributed by atoms with Crippen LogP contribution in [0.3, 0.4) is 0 Å². The first-order chi connectivity index (χ1) is 13.6. The molecule has 1 N–H and O–H groups in total. The minimum Gasteiger partial charge on any atom is -0.340 e. The molecule has 0 spiro atoms. The molecule has 0 bridgehead atoms. The van der Waals surface area contributed by atoms with Crippen LogP contribution in [0.5, 0.6) is 0 Å². The van der Waals surface area contributed by atoms with Crippen molar-refractivity contribution in [3.63, 3.8) is 0 Å². The van der Waals surface area contributed by atoms with E-state index in [-0.39, 0.29) is 23.8 Å². The number of aryl methyl sites for hydroxylation is 1. The van der Waals surface area contributed by atoms with Crippen molar-refractivity contribution in [1.29, 1.82) is 5.26 Å². The predicted molar refractivity (Wildman–Crippen MR) is 109 cm³/mol. The lowest BCUT2D eigenvalue weighted by Crippen LogP contribution is -2.54. The van der Waals surface area contributed by atoms with Crippen LogP contribution in [0.15, 0.2) is 0 Å². The van der Waals surface area contributed by atoms with E-state index in [9.17, 15) is 14.9 Å². The Labute approximate surface area is 170 Å². The van der Waals surface area contributed by atoms with E-state index >= 15 is 0 Å². The Morgan fingerprint density at radius 1 is 1.14 bits per heavy atom. The predicted octanol–water partition coefficient (Wildman–Crippen LogP) is 2.77. The minimum absolute atomic E-state index is 0.0603. The molecule has 1 aromatic heterocycles. The highest BCUT2D eigenvalue weighted by atomic mass is 32.1. The molecule has 3 aliphatic rings. The summed E-state index contributed by atoms with van der Waals surface area (Å²) in [6.45, 7) is 4.75. The van der Waals surface area contributed by atoms with E-state index in [1.54, 1.807) is 11.3 Å². The van der Waals surface area contributed by atoms with Crippen molar-refractivity contribution >= 4 is 28.2 Å². The summed E-state index contributed by atoms with van der Waals surface area (Å²) in [6, 6.07) is 2.06. The van der Waals surface area contributed by atoms with E-state index in [4.69, 9.17) is 0 Å². The molecular formula is C21H28N4O2S. The number of thiophene rings is 1. The van der Waals surface area contributed by atoms with Gasteiger partial charge < -0.3 is 10.2 Å². The lowest BCUT2D eigenvalue weighted by atomic mass is 10.1. The van der Waals surface area contributed by atoms with Gasteiger partial charge >= 0.3 is 0 Å². The maximum Gasteiger partial charge on any atom is 0.242 e. The average Bonchev–Trinajstić information content (AvgIpc) is 3.53. The number of carbonyl (C=O) groups excluding carboxylic acids is 2. The second kappa shape index (κ2) is 8.22. The fraction of sp³-hybridized carbons (Fsp3) is 0.667. The molecule has 0 aromatic carbocycles. The molecule has 28 heavy (non-hydrogen) atoms. The van der Waals surface area contributed by atoms with Crippen LogP contribution in [0.25, 0.3) is 0 Å². The lowest BCUT2D eigenvalue weighted by Gasteiger charge is -2.37. The molecule has 1 aliphatic heterocycles. The fourth-order valence-electron chi connectivity index (χ4n) is 4.25. The molecule has 1 saturated carbocycles. The van der Waals surface area contributed by atoms with Gasteiger partial charge in [0.1, 0.15) is 11.1 Å². The summed E-state index contributed by atoms with van der Waals surface area (Å²) in [5.74, 6) is 0.483. The Morgan fingerprint density at radius 3 is 2.54 bits per heavy atom. The summed E-state index contributed by atoms with van der Waals surface area (Å²) in [5, 5.41) is 13.4. The van der Waals surface area contributed by atoms with Crippen LogP contribution in [-0.4, -0.2) is 53.8 Å². The SMILES string of the molecule is CC(C(=O)Nc1sc2c(c1C#N)CCCCC2)N1CCN(C(=O)C2CC2)CC1. The molecule has 1 aromatic rings. The summed E-state index contributed by atoms with van der Waals surface area (Å²) in [5.41, 5.74) is 1.82. The topological polar surface area (TPSA) is 76.4 Å². The maximum atomic E-state index is 12.9. The van der Waals surface area contributed by atoms with E-state index in [0.29, 0.717) is 23.7 Å². The second-order valence-corrected chi connectivity index (χ2v) is 9.29. The van der Waals surface area contributed by atoms with Crippen molar-refractivity contribution in [3.05, 3.63) is 16.0 Å². The number of piperazine rings is 1. The van der Waals surface area contributed by atoms with Gasteiger partial charge in [0, 0.05) is 37.0 Å². The average molecular weight is 401 g/mol. The number of amides is 2. The Bertz CT molecular complexity index is 800. The number of carbonyl (C=O) groups is 2. The number of nitrogens with one attached hydrogen (secondary N) is 1. The number of nitriles is 1. The molecule has 2 aliphatic carbocycles. The van der Waals surface area contributed by atoms with E-state index in [2.05, 4.69) is 16.3 Å². The molecule has 1 atom stereocenters. The molecule has 2 heterocycles. The number of hydrogen-bond donors (Lipinski definition) is 1. The first-order valence-electron chi connectivity index (χ1n) is 10.5. The molecule has 1 saturated heterocycles. The third-order valence-electron chi connectivity index (χ3n) is 6.25. The van der Waals surface area contributed by atoms with Crippen LogP contribution in [0, 0.1) is 17.2 Å². The van der Waals surface area contributed by atoms with E-state index in [1.165, 1.54) is 11.3 Å². The van der Waals surface area contributed by atoms with Crippen LogP contribution in [0.1, 0.15) is 55.0 Å². The van der Waals surface area contributed by atoms with Crippen LogP contribution in [0.2, 0.25) is 0 Å². The number of anilines is 1. The monoisotopic (exact) mass is 400 g/mol. The third-order valence-corrected chi connectivity index (χ3v) is 7.46. The first-order valence-corrected chi connectivity index (χ1v) is 11.3. The summed E-state index contributed by atoms with van der Waals surface area (Å²) in [6.07, 6.45) is 7.50. The molecular weight excluding hydrogens is 372 g/mol. The zero-order chi connectivity index (χ0) is 19.7. The van der Waals surface area contributed by atoms with E-state index in [0.717, 1.165) is 57.2 Å². The van der Waals surface area contributed by atoms with Gasteiger partial charge in [-0.25, -0.2) is 0 Å². The smallest absolute Gasteiger partial charge is 0.242 e. The van der Waals surface area contributed by atoms with Gasteiger partial charge in [-0.3, -0.25) is 14.5 Å². The highest BCUT2D eigenvalue weighted by Gasteiger charge is 2.36. The van der Waals surface area contributed by atoms with Crippen LogP contribution < -0.4 is 5.32 Å². The summed E-state index contributed by atoms with van der Waals surface area (Å²) in [7, 11) is 0. The molecule has 1 unspecified atom stereocenters. The van der Waals surface area contributed by atoms with Gasteiger partial charge in [-0.1, -0.05) is 6.42 Å². The first kappa shape index (κ1) is 19.4. The molecule has 150 valence electrons. The highest BCUT2D eigenvalue weighted by molar-refractivity contribution is 7.16. The fourth-order valence-corrected chi connectivity index (χ4v) is 5.49. The molecule has 6 nitrogen and oxygen atoms in total. The third kappa shape index (κ3) is 3.94. The van der Waals surface area contributed by atoms with Gasteiger partial charge in [0.2, 0.25) is 11.8 Å². The quantitative estimate of drug-likeness (QED) is 0.789. The summed E-state index contributed by atoms with van der Waals surface area (Å²) >= 11 is 1.58. The number of rotatable bonds is 4. The van der Waals surface area contributed by atoms with Gasteiger partial charge in [0.05, 0.1) is 11.6 Å². The molecule has 7 heteroatoms. The standard InChI is InChI=1S/C21H28N4O2S/c1-14(24-9-11-25(12-10-24)21(27)15-7-8-15)19(26)23-20-17(13-22)16-5-3-2-4-6-18(16)28-20/h14-15H,2-12H2,1H3,(H,23,26). The van der Waals surface area contributed by atoms with E-state index < -0.39 is 0 Å². The molecule has 2 fully saturated rings. The summed E-state index contributed by atoms with van der Waals surface area (Å²) in [4.78, 5) is 30.4. The number of nitrogens with zero attached hydrogens (tertiary/aromatic N) is 3. The Hall–Kier alpha value is -1.91. The Morgan fingerprint density at radius 2 is 1.86 bits per heavy atom. The summed E-state index contributed by atoms with van der Waals surface area (Å²) < 4.78 is 0. The molecule has 2 amide bonds. The number of fused-ring (bicyclic) bond motifs is 1. The zero-order valence-corrected chi connectivity index (χ0v) is 17.3. The molecule has 4 rings (SSSR count). The van der Waals surface area contributed by atoms with Crippen molar-refractivity contribution < 1.29 is 9.59 Å². The Balaban J connectivity index is 1.37.